The van der Waals surface area contributed by atoms with Crippen LogP contribution in [0.15, 0.2) is 0 Å². The van der Waals surface area contributed by atoms with Crippen molar-refractivity contribution in [3.63, 3.8) is 0 Å². The van der Waals surface area contributed by atoms with Gasteiger partial charge < -0.3 is 15.0 Å². The molecule has 2 heterocycles. The summed E-state index contributed by atoms with van der Waals surface area (Å²) < 4.78 is 1.72. The molecular weight excluding hydrogens is 208 g/mol. The second-order valence-corrected chi connectivity index (χ2v) is 3.99. The standard InChI is InChI=1S/C10H16N4O2/c1-2-4-7-8-12-13-9(10(15)16)14(8)6-3-5-11-7/h7,11H,2-6H2,1H3,(H,15,16). The highest BCUT2D eigenvalue weighted by atomic mass is 16.4. The molecule has 2 N–H and O–H groups in total. The van der Waals surface area contributed by atoms with Gasteiger partial charge >= 0.3 is 5.97 Å². The van der Waals surface area contributed by atoms with E-state index in [0.29, 0.717) is 6.54 Å². The van der Waals surface area contributed by atoms with E-state index in [-0.39, 0.29) is 11.9 Å². The quantitative estimate of drug-likeness (QED) is 0.794. The average molecular weight is 224 g/mol. The van der Waals surface area contributed by atoms with E-state index in [1.165, 1.54) is 0 Å². The predicted molar refractivity (Wildman–Crippen MR) is 57.3 cm³/mol. The fourth-order valence-electron chi connectivity index (χ4n) is 2.08. The lowest BCUT2D eigenvalue weighted by atomic mass is 10.1. The van der Waals surface area contributed by atoms with Gasteiger partial charge in [-0.15, -0.1) is 10.2 Å². The fourth-order valence-corrected chi connectivity index (χ4v) is 2.08. The van der Waals surface area contributed by atoms with E-state index in [0.717, 1.165) is 31.6 Å². The van der Waals surface area contributed by atoms with Gasteiger partial charge in [0.05, 0.1) is 6.04 Å². The first kappa shape index (κ1) is 11.1. The lowest BCUT2D eigenvalue weighted by Crippen LogP contribution is -2.22. The van der Waals surface area contributed by atoms with Gasteiger partial charge in [-0.3, -0.25) is 0 Å². The van der Waals surface area contributed by atoms with E-state index in [1.54, 1.807) is 4.57 Å². The van der Waals surface area contributed by atoms with Crippen molar-refractivity contribution < 1.29 is 9.90 Å². The number of hydrogen-bond acceptors (Lipinski definition) is 4. The highest BCUT2D eigenvalue weighted by Crippen LogP contribution is 2.20. The number of carboxylic acid groups (broad SMARTS) is 1. The van der Waals surface area contributed by atoms with Crippen molar-refractivity contribution in [3.8, 4) is 0 Å². The summed E-state index contributed by atoms with van der Waals surface area (Å²) in [6.45, 7) is 3.68. The molecule has 0 fully saturated rings. The first-order chi connectivity index (χ1) is 7.74. The minimum atomic E-state index is -1.00. The van der Waals surface area contributed by atoms with Crippen molar-refractivity contribution in [3.05, 3.63) is 11.6 Å². The fraction of sp³-hybridized carbons (Fsp3) is 0.700. The third kappa shape index (κ3) is 1.92. The van der Waals surface area contributed by atoms with Gasteiger partial charge in [0.2, 0.25) is 5.82 Å². The van der Waals surface area contributed by atoms with Crippen molar-refractivity contribution in [2.45, 2.75) is 38.8 Å². The molecule has 1 aliphatic rings. The molecule has 0 amide bonds. The van der Waals surface area contributed by atoms with Gasteiger partial charge in [0.15, 0.2) is 5.82 Å². The van der Waals surface area contributed by atoms with Crippen LogP contribution in [0.4, 0.5) is 0 Å². The summed E-state index contributed by atoms with van der Waals surface area (Å²) in [7, 11) is 0. The zero-order valence-corrected chi connectivity index (χ0v) is 9.31. The van der Waals surface area contributed by atoms with E-state index in [1.807, 2.05) is 0 Å². The Hall–Kier alpha value is -1.43. The lowest BCUT2D eigenvalue weighted by molar-refractivity contribution is 0.0677. The van der Waals surface area contributed by atoms with Crippen molar-refractivity contribution in [1.82, 2.24) is 20.1 Å². The Kier molecular flexibility index (Phi) is 3.19. The molecule has 6 heteroatoms. The zero-order chi connectivity index (χ0) is 11.5. The van der Waals surface area contributed by atoms with Crippen molar-refractivity contribution in [2.75, 3.05) is 6.54 Å². The second-order valence-electron chi connectivity index (χ2n) is 3.99. The molecule has 2 rings (SSSR count). The van der Waals surface area contributed by atoms with E-state index >= 15 is 0 Å². The van der Waals surface area contributed by atoms with E-state index in [2.05, 4.69) is 22.4 Å². The molecule has 0 saturated carbocycles. The maximum Gasteiger partial charge on any atom is 0.374 e. The van der Waals surface area contributed by atoms with Crippen LogP contribution >= 0.6 is 0 Å². The largest absolute Gasteiger partial charge is 0.475 e. The number of aromatic carboxylic acids is 1. The number of carbonyl (C=O) groups is 1. The molecule has 0 aliphatic carbocycles. The third-order valence-corrected chi connectivity index (χ3v) is 2.81. The van der Waals surface area contributed by atoms with Gasteiger partial charge in [-0.2, -0.15) is 0 Å². The minimum absolute atomic E-state index is 0.0554. The number of carboxylic acids is 1. The first-order valence-electron chi connectivity index (χ1n) is 5.63. The van der Waals surface area contributed by atoms with Crippen LogP contribution in [-0.2, 0) is 6.54 Å². The molecule has 0 bridgehead atoms. The van der Waals surface area contributed by atoms with Crippen molar-refractivity contribution in [2.24, 2.45) is 0 Å². The highest BCUT2D eigenvalue weighted by Gasteiger charge is 2.25. The zero-order valence-electron chi connectivity index (χ0n) is 9.31. The summed E-state index contributed by atoms with van der Waals surface area (Å²) in [5.74, 6) is -0.188. The average Bonchev–Trinajstić information content (AvgIpc) is 2.58. The van der Waals surface area contributed by atoms with E-state index < -0.39 is 5.97 Å². The lowest BCUT2D eigenvalue weighted by Gasteiger charge is -2.13. The van der Waals surface area contributed by atoms with Crippen molar-refractivity contribution in [1.29, 1.82) is 0 Å². The number of rotatable bonds is 3. The Morgan fingerprint density at radius 1 is 1.62 bits per heavy atom. The smallest absolute Gasteiger partial charge is 0.374 e. The molecule has 1 aromatic rings. The Balaban J connectivity index is 2.35. The number of fused-ring (bicyclic) bond motifs is 1. The van der Waals surface area contributed by atoms with Crippen LogP contribution in [0.3, 0.4) is 0 Å². The van der Waals surface area contributed by atoms with E-state index in [9.17, 15) is 4.79 Å². The summed E-state index contributed by atoms with van der Waals surface area (Å²) in [6.07, 6.45) is 2.90. The van der Waals surface area contributed by atoms with Crippen molar-refractivity contribution >= 4 is 5.97 Å². The van der Waals surface area contributed by atoms with Crippen LogP contribution in [-0.4, -0.2) is 32.4 Å². The molecule has 0 spiro atoms. The maximum absolute atomic E-state index is 11.0. The number of hydrogen-bond donors (Lipinski definition) is 2. The van der Waals surface area contributed by atoms with Gasteiger partial charge in [-0.25, -0.2) is 4.79 Å². The number of nitrogens with one attached hydrogen (secondary N) is 1. The van der Waals surface area contributed by atoms with Crippen LogP contribution in [0.1, 0.15) is 48.7 Å². The van der Waals surface area contributed by atoms with Crippen LogP contribution in [0.5, 0.6) is 0 Å². The SMILES string of the molecule is CCCC1NCCCn2c(C(=O)O)nnc21. The molecule has 16 heavy (non-hydrogen) atoms. The summed E-state index contributed by atoms with van der Waals surface area (Å²) in [6, 6.07) is 0.132. The van der Waals surface area contributed by atoms with Crippen LogP contribution in [0.25, 0.3) is 0 Å². The van der Waals surface area contributed by atoms with Crippen LogP contribution in [0, 0.1) is 0 Å². The third-order valence-electron chi connectivity index (χ3n) is 2.81. The molecule has 6 nitrogen and oxygen atoms in total. The van der Waals surface area contributed by atoms with Gasteiger partial charge in [-0.1, -0.05) is 13.3 Å². The summed E-state index contributed by atoms with van der Waals surface area (Å²) >= 11 is 0. The Labute approximate surface area is 93.7 Å². The molecule has 1 atom stereocenters. The Morgan fingerprint density at radius 2 is 2.44 bits per heavy atom. The summed E-state index contributed by atoms with van der Waals surface area (Å²) in [4.78, 5) is 11.0. The molecule has 0 radical (unpaired) electrons. The highest BCUT2D eigenvalue weighted by molar-refractivity contribution is 5.83. The molecule has 0 aromatic carbocycles. The minimum Gasteiger partial charge on any atom is -0.475 e. The molecule has 0 saturated heterocycles. The normalized spacial score (nSPS) is 20.2. The van der Waals surface area contributed by atoms with Gasteiger partial charge in [0.1, 0.15) is 0 Å². The topological polar surface area (TPSA) is 80.0 Å². The molecule has 88 valence electrons. The van der Waals surface area contributed by atoms with Crippen LogP contribution in [0.2, 0.25) is 0 Å². The van der Waals surface area contributed by atoms with Gasteiger partial charge in [0, 0.05) is 6.54 Å². The maximum atomic E-state index is 11.0. The second kappa shape index (κ2) is 4.61. The molecular formula is C10H16N4O2. The van der Waals surface area contributed by atoms with E-state index in [4.69, 9.17) is 5.11 Å². The summed E-state index contributed by atoms with van der Waals surface area (Å²) in [5, 5.41) is 20.1. The first-order valence-corrected chi connectivity index (χ1v) is 5.63. The Bertz CT molecular complexity index is 388. The molecule has 1 unspecified atom stereocenters. The predicted octanol–water partition coefficient (Wildman–Crippen LogP) is 0.811. The molecule has 1 aliphatic heterocycles. The van der Waals surface area contributed by atoms with Crippen LogP contribution < -0.4 is 5.32 Å². The van der Waals surface area contributed by atoms with Gasteiger partial charge in [0.25, 0.3) is 0 Å². The monoisotopic (exact) mass is 224 g/mol. The number of aromatic nitrogens is 3. The number of nitrogens with zero attached hydrogens (tertiary/aromatic N) is 3. The summed E-state index contributed by atoms with van der Waals surface area (Å²) in [5.41, 5.74) is 0. The molecule has 1 aromatic heterocycles. The Morgan fingerprint density at radius 3 is 3.12 bits per heavy atom. The van der Waals surface area contributed by atoms with Gasteiger partial charge in [-0.05, 0) is 19.4 Å².